The van der Waals surface area contributed by atoms with Crippen molar-refractivity contribution in [2.75, 3.05) is 16.6 Å². The van der Waals surface area contributed by atoms with Gasteiger partial charge in [0.2, 0.25) is 6.04 Å². The summed E-state index contributed by atoms with van der Waals surface area (Å²) in [5, 5.41) is 13.9. The third-order valence-corrected chi connectivity index (χ3v) is 7.89. The third-order valence-electron chi connectivity index (χ3n) is 5.94. The Labute approximate surface area is 203 Å². The Morgan fingerprint density at radius 1 is 0.824 bits per heavy atom. The number of para-hydroxylation sites is 6. The number of imidazole rings is 2. The van der Waals surface area contributed by atoms with Gasteiger partial charge in [-0.2, -0.15) is 0 Å². The highest BCUT2D eigenvalue weighted by Gasteiger charge is 2.47. The fraction of sp³-hybridized carbons (Fsp3) is 0.167. The maximum atomic E-state index is 13.4. The number of hydrogen-bond acceptors (Lipinski definition) is 7. The van der Waals surface area contributed by atoms with Gasteiger partial charge < -0.3 is 9.97 Å². The first-order valence-electron chi connectivity index (χ1n) is 10.9. The average molecular weight is 490 g/mol. The van der Waals surface area contributed by atoms with E-state index in [1.165, 1.54) is 28.6 Å². The molecule has 3 N–H and O–H groups in total. The fourth-order valence-electron chi connectivity index (χ4n) is 4.21. The molecule has 0 saturated carbocycles. The molecule has 6 rings (SSSR count). The summed E-state index contributed by atoms with van der Waals surface area (Å²) in [4.78, 5) is 29.3. The molecule has 1 aliphatic heterocycles. The number of fused-ring (bicyclic) bond motifs is 3. The van der Waals surface area contributed by atoms with E-state index in [0.29, 0.717) is 22.9 Å². The van der Waals surface area contributed by atoms with Crippen molar-refractivity contribution >= 4 is 57.0 Å². The van der Waals surface area contributed by atoms with Gasteiger partial charge >= 0.3 is 0 Å². The smallest absolute Gasteiger partial charge is 0.281 e. The number of aromatic amines is 2. The van der Waals surface area contributed by atoms with Gasteiger partial charge in [0.05, 0.1) is 27.8 Å². The van der Waals surface area contributed by atoms with E-state index in [4.69, 9.17) is 0 Å². The van der Waals surface area contributed by atoms with Gasteiger partial charge in [0, 0.05) is 21.5 Å². The highest BCUT2D eigenvalue weighted by Crippen LogP contribution is 2.38. The number of benzene rings is 3. The van der Waals surface area contributed by atoms with Crippen LogP contribution < -0.4 is 5.06 Å². The quantitative estimate of drug-likeness (QED) is 0.217. The van der Waals surface area contributed by atoms with Gasteiger partial charge in [-0.15, -0.1) is 0 Å². The van der Waals surface area contributed by atoms with Crippen molar-refractivity contribution in [2.24, 2.45) is 0 Å². The predicted molar refractivity (Wildman–Crippen MR) is 135 cm³/mol. The zero-order valence-electron chi connectivity index (χ0n) is 18.0. The number of hydroxylamine groups is 1. The lowest BCUT2D eigenvalue weighted by Gasteiger charge is -2.32. The zero-order valence-corrected chi connectivity index (χ0v) is 19.6. The van der Waals surface area contributed by atoms with Crippen LogP contribution in [-0.4, -0.2) is 53.5 Å². The van der Waals surface area contributed by atoms with Gasteiger partial charge in [0.1, 0.15) is 11.7 Å². The summed E-state index contributed by atoms with van der Waals surface area (Å²) >= 11 is 2.98. The zero-order chi connectivity index (χ0) is 23.1. The van der Waals surface area contributed by atoms with E-state index in [1.54, 1.807) is 12.1 Å². The van der Waals surface area contributed by atoms with E-state index in [9.17, 15) is 10.1 Å². The van der Waals surface area contributed by atoms with Crippen LogP contribution in [0.4, 0.5) is 11.4 Å². The van der Waals surface area contributed by atoms with Crippen molar-refractivity contribution in [1.82, 2.24) is 19.9 Å². The number of nitrogens with zero attached hydrogens (tertiary/aromatic N) is 4. The highest BCUT2D eigenvalue weighted by molar-refractivity contribution is 7.99. The monoisotopic (exact) mass is 489 g/mol. The van der Waals surface area contributed by atoms with Crippen LogP contribution in [0.15, 0.2) is 83.1 Å². The fourth-order valence-corrected chi connectivity index (χ4v) is 6.27. The number of hydrogen-bond donors (Lipinski definition) is 3. The van der Waals surface area contributed by atoms with Gasteiger partial charge in [-0.1, -0.05) is 59.9 Å². The molecule has 2 atom stereocenters. The first-order chi connectivity index (χ1) is 16.7. The molecule has 8 nitrogen and oxygen atoms in total. The topological polar surface area (TPSA) is 101 Å². The molecule has 0 saturated heterocycles. The standard InChI is InChI=1S/C24H21N6O2S2/c31-29-19-11-5-6-12-20(19)30(32)22(14-34-24-27-17-9-3-4-10-18(17)28-24)21(29)13-33-23-25-15-7-1-2-8-16(15)26-23/h1-12,21-22,31H,13-14H2,(H,25,26)(H,27,28)/q+1/t21-,22+/m1/s1. The molecule has 10 heteroatoms. The van der Waals surface area contributed by atoms with Gasteiger partial charge in [0.25, 0.3) is 5.69 Å². The second-order valence-electron chi connectivity index (χ2n) is 8.03. The number of rotatable bonds is 6. The molecule has 0 bridgehead atoms. The summed E-state index contributed by atoms with van der Waals surface area (Å²) in [5.41, 5.74) is 4.67. The molecular formula is C24H21N6O2S2+. The molecule has 0 spiro atoms. The van der Waals surface area contributed by atoms with Crippen LogP contribution in [0.5, 0.6) is 0 Å². The van der Waals surface area contributed by atoms with E-state index >= 15 is 0 Å². The molecule has 3 aromatic carbocycles. The van der Waals surface area contributed by atoms with Crippen LogP contribution in [0.25, 0.3) is 22.1 Å². The number of nitrogens with one attached hydrogen (secondary N) is 2. The summed E-state index contributed by atoms with van der Waals surface area (Å²) in [5.74, 6) is 0.939. The van der Waals surface area contributed by atoms with E-state index in [-0.39, 0.29) is 0 Å². The van der Waals surface area contributed by atoms with E-state index in [2.05, 4.69) is 19.9 Å². The third kappa shape index (κ3) is 3.83. The second kappa shape index (κ2) is 8.79. The Bertz CT molecular complexity index is 1430. The molecule has 0 unspecified atom stereocenters. The molecular weight excluding hydrogens is 468 g/mol. The van der Waals surface area contributed by atoms with Crippen molar-refractivity contribution in [2.45, 2.75) is 22.4 Å². The number of thioether (sulfide) groups is 2. The number of H-pyrrole nitrogens is 2. The van der Waals surface area contributed by atoms with E-state index in [1.807, 2.05) is 60.7 Å². The van der Waals surface area contributed by atoms with Crippen LogP contribution in [0.2, 0.25) is 0 Å². The largest absolute Gasteiger partial charge is 0.333 e. The van der Waals surface area contributed by atoms with Crippen LogP contribution >= 0.6 is 23.5 Å². The van der Waals surface area contributed by atoms with E-state index < -0.39 is 12.1 Å². The summed E-state index contributed by atoms with van der Waals surface area (Å²) < 4.78 is 1.03. The molecule has 1 aliphatic rings. The van der Waals surface area contributed by atoms with Crippen LogP contribution in [0, 0.1) is 4.91 Å². The number of aromatic nitrogens is 4. The maximum absolute atomic E-state index is 13.4. The highest BCUT2D eigenvalue weighted by atomic mass is 32.2. The predicted octanol–water partition coefficient (Wildman–Crippen LogP) is 5.38. The summed E-state index contributed by atoms with van der Waals surface area (Å²) in [6.45, 7) is 0. The minimum atomic E-state index is -0.491. The lowest BCUT2D eigenvalue weighted by Crippen LogP contribution is -2.52. The minimum absolute atomic E-state index is 0.442. The molecule has 0 aliphatic carbocycles. The van der Waals surface area contributed by atoms with Gasteiger partial charge in [-0.3, -0.25) is 5.21 Å². The maximum Gasteiger partial charge on any atom is 0.281 e. The molecule has 0 fully saturated rings. The van der Waals surface area contributed by atoms with Crippen molar-refractivity contribution in [3.63, 3.8) is 0 Å². The first kappa shape index (κ1) is 21.2. The Hall–Kier alpha value is -3.34. The second-order valence-corrected chi connectivity index (χ2v) is 10.1. The molecule has 5 aromatic rings. The van der Waals surface area contributed by atoms with Crippen molar-refractivity contribution in [3.05, 3.63) is 77.7 Å². The molecule has 0 amide bonds. The SMILES string of the molecule is O=[N+]1c2ccccc2N(O)[C@H](CSc2nc3ccccc3[nH]2)[C@@H]1CSc1nc2ccccc2[nH]1. The Kier molecular flexibility index (Phi) is 5.48. The summed E-state index contributed by atoms with van der Waals surface area (Å²) in [6.07, 6.45) is 0. The summed E-state index contributed by atoms with van der Waals surface area (Å²) in [7, 11) is 0. The van der Waals surface area contributed by atoms with Crippen molar-refractivity contribution in [1.29, 1.82) is 0 Å². The Morgan fingerprint density at radius 3 is 2.03 bits per heavy atom. The lowest BCUT2D eigenvalue weighted by atomic mass is 10.1. The lowest BCUT2D eigenvalue weighted by molar-refractivity contribution is -0.508. The number of nitroso groups, excluding NO2 is 1. The van der Waals surface area contributed by atoms with Gasteiger partial charge in [0.15, 0.2) is 10.3 Å². The van der Waals surface area contributed by atoms with Crippen LogP contribution in [0.1, 0.15) is 0 Å². The van der Waals surface area contributed by atoms with Crippen LogP contribution in [-0.2, 0) is 0 Å². The molecule has 0 radical (unpaired) electrons. The van der Waals surface area contributed by atoms with Crippen LogP contribution in [0.3, 0.4) is 0 Å². The van der Waals surface area contributed by atoms with E-state index in [0.717, 1.165) is 37.1 Å². The van der Waals surface area contributed by atoms with Gasteiger partial charge in [-0.25, -0.2) is 15.0 Å². The van der Waals surface area contributed by atoms with Crippen molar-refractivity contribution < 1.29 is 9.97 Å². The molecule has 34 heavy (non-hydrogen) atoms. The first-order valence-corrected chi connectivity index (χ1v) is 12.8. The summed E-state index contributed by atoms with van der Waals surface area (Å²) in [6, 6.07) is 21.9. The minimum Gasteiger partial charge on any atom is -0.333 e. The Balaban J connectivity index is 1.26. The van der Waals surface area contributed by atoms with Crippen molar-refractivity contribution in [3.8, 4) is 0 Å². The molecule has 3 heterocycles. The number of anilines is 1. The molecule has 2 aromatic heterocycles. The Morgan fingerprint density at radius 2 is 1.38 bits per heavy atom. The van der Waals surface area contributed by atoms with Gasteiger partial charge in [-0.05, 0) is 30.3 Å². The molecule has 170 valence electrons. The average Bonchev–Trinajstić information content (AvgIpc) is 3.48. The normalized spacial score (nSPS) is 18.0.